The van der Waals surface area contributed by atoms with Gasteiger partial charge in [0.05, 0.1) is 18.7 Å². The molecule has 0 spiro atoms. The maximum absolute atomic E-state index is 12.3. The van der Waals surface area contributed by atoms with E-state index < -0.39 is 11.9 Å². The lowest BCUT2D eigenvalue weighted by molar-refractivity contribution is 0.0942. The summed E-state index contributed by atoms with van der Waals surface area (Å²) in [6.45, 7) is 0. The molecule has 0 radical (unpaired) electrons. The quantitative estimate of drug-likeness (QED) is 0.942. The van der Waals surface area contributed by atoms with E-state index in [2.05, 4.69) is 11.4 Å². The third kappa shape index (κ3) is 3.53. The molecular weight excluding hydrogens is 288 g/mol. The lowest BCUT2D eigenvalue weighted by Crippen LogP contribution is -2.28. The van der Waals surface area contributed by atoms with Crippen LogP contribution in [-0.2, 0) is 0 Å². The summed E-state index contributed by atoms with van der Waals surface area (Å²) in [6, 6.07) is 15.1. The van der Waals surface area contributed by atoms with Gasteiger partial charge in [0.1, 0.15) is 11.8 Å². The van der Waals surface area contributed by atoms with Crippen LogP contribution < -0.4 is 10.1 Å². The standard InChI is InChI=1S/C16H13ClN2O2/c1-21-15-8-7-12(17)9-13(15)16(20)19-14(10-18)11-5-3-2-4-6-11/h2-9,14H,1H3,(H,19,20). The van der Waals surface area contributed by atoms with Crippen molar-refractivity contribution >= 4 is 17.5 Å². The van der Waals surface area contributed by atoms with Crippen LogP contribution in [0, 0.1) is 11.3 Å². The van der Waals surface area contributed by atoms with E-state index in [1.165, 1.54) is 13.2 Å². The van der Waals surface area contributed by atoms with E-state index in [0.29, 0.717) is 21.9 Å². The highest BCUT2D eigenvalue weighted by molar-refractivity contribution is 6.31. The first-order valence-corrected chi connectivity index (χ1v) is 6.62. The summed E-state index contributed by atoms with van der Waals surface area (Å²) in [5.41, 5.74) is 1.01. The molecule has 2 aromatic rings. The van der Waals surface area contributed by atoms with Crippen molar-refractivity contribution in [2.24, 2.45) is 0 Å². The number of hydrogen-bond donors (Lipinski definition) is 1. The maximum atomic E-state index is 12.3. The van der Waals surface area contributed by atoms with Crippen molar-refractivity contribution in [1.29, 1.82) is 5.26 Å². The Bertz CT molecular complexity index is 680. The van der Waals surface area contributed by atoms with Gasteiger partial charge in [0.15, 0.2) is 0 Å². The smallest absolute Gasteiger partial charge is 0.256 e. The Kier molecular flexibility index (Phi) is 4.81. The molecule has 5 heteroatoms. The Morgan fingerprint density at radius 3 is 2.62 bits per heavy atom. The van der Waals surface area contributed by atoms with Gasteiger partial charge in [-0.25, -0.2) is 0 Å². The average molecular weight is 301 g/mol. The third-order valence-electron chi connectivity index (χ3n) is 2.94. The van der Waals surface area contributed by atoms with Gasteiger partial charge in [0.2, 0.25) is 0 Å². The van der Waals surface area contributed by atoms with Gasteiger partial charge < -0.3 is 10.1 Å². The number of amides is 1. The number of rotatable bonds is 4. The fraction of sp³-hybridized carbons (Fsp3) is 0.125. The number of ether oxygens (including phenoxy) is 1. The largest absolute Gasteiger partial charge is 0.496 e. The summed E-state index contributed by atoms with van der Waals surface area (Å²) in [4.78, 5) is 12.3. The molecule has 1 unspecified atom stereocenters. The van der Waals surface area contributed by atoms with Gasteiger partial charge in [-0.15, -0.1) is 0 Å². The molecule has 2 rings (SSSR count). The number of hydrogen-bond acceptors (Lipinski definition) is 3. The van der Waals surface area contributed by atoms with Crippen LogP contribution >= 0.6 is 11.6 Å². The van der Waals surface area contributed by atoms with Crippen molar-refractivity contribution < 1.29 is 9.53 Å². The molecule has 0 bridgehead atoms. The Morgan fingerprint density at radius 1 is 1.29 bits per heavy atom. The molecule has 1 N–H and O–H groups in total. The molecule has 0 aliphatic carbocycles. The van der Waals surface area contributed by atoms with Gasteiger partial charge in [0.25, 0.3) is 5.91 Å². The number of nitrogens with zero attached hydrogens (tertiary/aromatic N) is 1. The molecule has 1 atom stereocenters. The van der Waals surface area contributed by atoms with E-state index in [1.54, 1.807) is 24.3 Å². The molecule has 0 saturated heterocycles. The van der Waals surface area contributed by atoms with E-state index >= 15 is 0 Å². The lowest BCUT2D eigenvalue weighted by atomic mass is 10.1. The van der Waals surface area contributed by atoms with Crippen LogP contribution in [0.15, 0.2) is 48.5 Å². The van der Waals surface area contributed by atoms with Gasteiger partial charge in [-0.2, -0.15) is 5.26 Å². The predicted molar refractivity (Wildman–Crippen MR) is 80.3 cm³/mol. The fourth-order valence-corrected chi connectivity index (χ4v) is 2.07. The molecule has 0 heterocycles. The summed E-state index contributed by atoms with van der Waals surface area (Å²) in [6.07, 6.45) is 0. The number of halogens is 1. The molecule has 0 aromatic heterocycles. The highest BCUT2D eigenvalue weighted by atomic mass is 35.5. The number of methoxy groups -OCH3 is 1. The minimum Gasteiger partial charge on any atom is -0.496 e. The van der Waals surface area contributed by atoms with E-state index in [0.717, 1.165) is 0 Å². The van der Waals surface area contributed by atoms with Crippen LogP contribution in [-0.4, -0.2) is 13.0 Å². The minimum atomic E-state index is -0.734. The van der Waals surface area contributed by atoms with Crippen LogP contribution in [0.3, 0.4) is 0 Å². The zero-order chi connectivity index (χ0) is 15.2. The van der Waals surface area contributed by atoms with Gasteiger partial charge in [-0.3, -0.25) is 4.79 Å². The van der Waals surface area contributed by atoms with Gasteiger partial charge in [-0.05, 0) is 23.8 Å². The second kappa shape index (κ2) is 6.78. The van der Waals surface area contributed by atoms with Gasteiger partial charge in [-0.1, -0.05) is 41.9 Å². The van der Waals surface area contributed by atoms with Crippen LogP contribution in [0.25, 0.3) is 0 Å². The Labute approximate surface area is 127 Å². The molecule has 106 valence electrons. The van der Waals surface area contributed by atoms with Crippen LogP contribution in [0.1, 0.15) is 22.0 Å². The van der Waals surface area contributed by atoms with Crippen molar-refractivity contribution in [3.05, 3.63) is 64.7 Å². The van der Waals surface area contributed by atoms with E-state index in [1.807, 2.05) is 18.2 Å². The molecule has 21 heavy (non-hydrogen) atoms. The molecule has 2 aromatic carbocycles. The Balaban J connectivity index is 2.25. The Morgan fingerprint density at radius 2 is 2.00 bits per heavy atom. The zero-order valence-corrected chi connectivity index (χ0v) is 12.1. The summed E-state index contributed by atoms with van der Waals surface area (Å²) >= 11 is 5.90. The van der Waals surface area contributed by atoms with Crippen molar-refractivity contribution in [3.8, 4) is 11.8 Å². The molecule has 0 aliphatic heterocycles. The predicted octanol–water partition coefficient (Wildman–Crippen LogP) is 3.34. The lowest BCUT2D eigenvalue weighted by Gasteiger charge is -2.14. The second-order valence-electron chi connectivity index (χ2n) is 4.29. The topological polar surface area (TPSA) is 62.1 Å². The molecular formula is C16H13ClN2O2. The first kappa shape index (κ1) is 14.9. The minimum absolute atomic E-state index is 0.293. The van der Waals surface area contributed by atoms with E-state index in [9.17, 15) is 10.1 Å². The van der Waals surface area contributed by atoms with Gasteiger partial charge >= 0.3 is 0 Å². The van der Waals surface area contributed by atoms with Crippen molar-refractivity contribution in [2.75, 3.05) is 7.11 Å². The van der Waals surface area contributed by atoms with Crippen LogP contribution in [0.5, 0.6) is 5.75 Å². The van der Waals surface area contributed by atoms with E-state index in [-0.39, 0.29) is 0 Å². The van der Waals surface area contributed by atoms with Crippen molar-refractivity contribution in [2.45, 2.75) is 6.04 Å². The summed E-state index contributed by atoms with van der Waals surface area (Å²) in [5, 5.41) is 12.3. The first-order chi connectivity index (χ1) is 10.2. The number of benzene rings is 2. The summed E-state index contributed by atoms with van der Waals surface area (Å²) in [7, 11) is 1.47. The summed E-state index contributed by atoms with van der Waals surface area (Å²) in [5.74, 6) is -0.00796. The molecule has 1 amide bonds. The molecule has 0 saturated carbocycles. The monoisotopic (exact) mass is 300 g/mol. The average Bonchev–Trinajstić information content (AvgIpc) is 2.53. The highest BCUT2D eigenvalue weighted by Crippen LogP contribution is 2.23. The van der Waals surface area contributed by atoms with E-state index in [4.69, 9.17) is 16.3 Å². The number of nitriles is 1. The number of carbonyl (C=O) groups excluding carboxylic acids is 1. The van der Waals surface area contributed by atoms with Gasteiger partial charge in [0, 0.05) is 5.02 Å². The molecule has 0 fully saturated rings. The highest BCUT2D eigenvalue weighted by Gasteiger charge is 2.18. The SMILES string of the molecule is COc1ccc(Cl)cc1C(=O)NC(C#N)c1ccccc1. The second-order valence-corrected chi connectivity index (χ2v) is 4.73. The first-order valence-electron chi connectivity index (χ1n) is 6.24. The number of carbonyl (C=O) groups is 1. The fourth-order valence-electron chi connectivity index (χ4n) is 1.90. The van der Waals surface area contributed by atoms with Crippen molar-refractivity contribution in [1.82, 2.24) is 5.32 Å². The third-order valence-corrected chi connectivity index (χ3v) is 3.18. The molecule has 0 aliphatic rings. The maximum Gasteiger partial charge on any atom is 0.256 e. The van der Waals surface area contributed by atoms with Crippen LogP contribution in [0.4, 0.5) is 0 Å². The van der Waals surface area contributed by atoms with Crippen LogP contribution in [0.2, 0.25) is 5.02 Å². The normalized spacial score (nSPS) is 11.3. The van der Waals surface area contributed by atoms with Crippen molar-refractivity contribution in [3.63, 3.8) is 0 Å². The molecule has 4 nitrogen and oxygen atoms in total. The summed E-state index contributed by atoms with van der Waals surface area (Å²) < 4.78 is 5.14. The zero-order valence-electron chi connectivity index (χ0n) is 11.3. The Hall–Kier alpha value is -2.51. The number of nitrogens with one attached hydrogen (secondary N) is 1.